The molecular weight excluding hydrogens is 532 g/mol. The Morgan fingerprint density at radius 2 is 1.72 bits per heavy atom. The van der Waals surface area contributed by atoms with Crippen LogP contribution in [0.2, 0.25) is 0 Å². The molecule has 0 aliphatic carbocycles. The van der Waals surface area contributed by atoms with E-state index in [2.05, 4.69) is 21.2 Å². The van der Waals surface area contributed by atoms with E-state index >= 15 is 0 Å². The highest BCUT2D eigenvalue weighted by molar-refractivity contribution is 9.10. The topological polar surface area (TPSA) is 63.6 Å². The molecule has 1 aromatic heterocycles. The summed E-state index contributed by atoms with van der Waals surface area (Å²) in [5.74, 6) is -1.07. The molecule has 1 aliphatic heterocycles. The Balaban J connectivity index is 1.38. The van der Waals surface area contributed by atoms with Crippen molar-refractivity contribution >= 4 is 22.0 Å². The van der Waals surface area contributed by atoms with E-state index in [1.54, 1.807) is 17.6 Å². The summed E-state index contributed by atoms with van der Waals surface area (Å²) in [5, 5.41) is 2.97. The van der Waals surface area contributed by atoms with Crippen LogP contribution in [0.5, 0.6) is 5.75 Å². The number of benzene rings is 2. The van der Waals surface area contributed by atoms with Gasteiger partial charge in [0.2, 0.25) is 0 Å². The minimum atomic E-state index is -0.703. The summed E-state index contributed by atoms with van der Waals surface area (Å²) in [4.78, 5) is 27.1. The van der Waals surface area contributed by atoms with Crippen LogP contribution in [0.1, 0.15) is 41.6 Å². The maximum Gasteiger partial charge on any atom is 0.317 e. The lowest BCUT2D eigenvalue weighted by atomic mass is 10.1. The van der Waals surface area contributed by atoms with Crippen molar-refractivity contribution in [1.29, 1.82) is 0 Å². The number of piperidine rings is 1. The first-order valence-corrected chi connectivity index (χ1v) is 12.7. The molecule has 0 atom stereocenters. The van der Waals surface area contributed by atoms with Crippen LogP contribution in [0.15, 0.2) is 57.8 Å². The zero-order chi connectivity index (χ0) is 25.7. The van der Waals surface area contributed by atoms with Gasteiger partial charge >= 0.3 is 6.03 Å². The average molecular weight is 560 g/mol. The highest BCUT2D eigenvalue weighted by atomic mass is 79.9. The van der Waals surface area contributed by atoms with E-state index < -0.39 is 11.6 Å². The van der Waals surface area contributed by atoms with Gasteiger partial charge in [-0.1, -0.05) is 24.3 Å². The van der Waals surface area contributed by atoms with Crippen molar-refractivity contribution in [3.8, 4) is 5.75 Å². The molecule has 190 valence electrons. The lowest BCUT2D eigenvalue weighted by Gasteiger charge is -2.26. The van der Waals surface area contributed by atoms with Crippen LogP contribution in [-0.2, 0) is 19.7 Å². The first-order chi connectivity index (χ1) is 17.3. The molecule has 2 aromatic carbocycles. The van der Waals surface area contributed by atoms with Crippen molar-refractivity contribution < 1.29 is 18.3 Å². The summed E-state index contributed by atoms with van der Waals surface area (Å²) in [6.45, 7) is 4.08. The van der Waals surface area contributed by atoms with Crippen molar-refractivity contribution in [2.75, 3.05) is 13.1 Å². The fourth-order valence-corrected chi connectivity index (χ4v) is 4.59. The number of carbonyl (C=O) groups is 1. The molecule has 4 rings (SSSR count). The van der Waals surface area contributed by atoms with Gasteiger partial charge in [0.05, 0.1) is 6.54 Å². The molecule has 0 radical (unpaired) electrons. The van der Waals surface area contributed by atoms with Crippen molar-refractivity contribution in [2.45, 2.75) is 45.9 Å². The molecule has 1 fully saturated rings. The van der Waals surface area contributed by atoms with Crippen molar-refractivity contribution in [3.05, 3.63) is 97.4 Å². The number of urea groups is 1. The summed E-state index contributed by atoms with van der Waals surface area (Å²) in [6.07, 6.45) is 3.28. The Morgan fingerprint density at radius 1 is 1.03 bits per heavy atom. The Hall–Kier alpha value is -3.20. The van der Waals surface area contributed by atoms with Gasteiger partial charge in [-0.05, 0) is 65.4 Å². The van der Waals surface area contributed by atoms with Gasteiger partial charge in [0.25, 0.3) is 5.56 Å². The van der Waals surface area contributed by atoms with Crippen LogP contribution in [0, 0.1) is 18.6 Å². The Kier molecular flexibility index (Phi) is 8.40. The van der Waals surface area contributed by atoms with Gasteiger partial charge < -0.3 is 19.5 Å². The van der Waals surface area contributed by atoms with E-state index in [1.165, 1.54) is 12.5 Å². The summed E-state index contributed by atoms with van der Waals surface area (Å²) < 4.78 is 34.5. The molecule has 1 N–H and O–H groups in total. The number of aryl methyl sites for hydroxylation is 1. The fourth-order valence-electron chi connectivity index (χ4n) is 4.14. The fraction of sp³-hybridized carbons (Fsp3) is 0.333. The molecule has 0 saturated carbocycles. The monoisotopic (exact) mass is 559 g/mol. The second-order valence-corrected chi connectivity index (χ2v) is 9.70. The van der Waals surface area contributed by atoms with Gasteiger partial charge in [0.1, 0.15) is 28.5 Å². The number of amides is 2. The summed E-state index contributed by atoms with van der Waals surface area (Å²) in [6, 6.07) is 12.7. The smallest absolute Gasteiger partial charge is 0.317 e. The SMILES string of the molecule is Cc1cc(OCc2ccc(F)cc2F)c(Br)c(=O)n1Cc1ccc(CNC(=O)N2CCCCC2)cc1. The zero-order valence-corrected chi connectivity index (χ0v) is 21.6. The quantitative estimate of drug-likeness (QED) is 0.414. The number of hydrogen-bond donors (Lipinski definition) is 1. The van der Waals surface area contributed by atoms with Gasteiger partial charge in [0, 0.05) is 43.0 Å². The Labute approximate surface area is 217 Å². The van der Waals surface area contributed by atoms with E-state index in [-0.39, 0.29) is 34.0 Å². The van der Waals surface area contributed by atoms with Crippen molar-refractivity contribution in [3.63, 3.8) is 0 Å². The largest absolute Gasteiger partial charge is 0.487 e. The van der Waals surface area contributed by atoms with Gasteiger partial charge in [0.15, 0.2) is 0 Å². The summed E-state index contributed by atoms with van der Waals surface area (Å²) in [5.41, 5.74) is 2.50. The second kappa shape index (κ2) is 11.7. The van der Waals surface area contributed by atoms with Crippen LogP contribution in [0.4, 0.5) is 13.6 Å². The van der Waals surface area contributed by atoms with Crippen molar-refractivity contribution in [1.82, 2.24) is 14.8 Å². The number of pyridine rings is 1. The molecule has 2 amide bonds. The number of halogens is 3. The highest BCUT2D eigenvalue weighted by Gasteiger charge is 2.16. The minimum Gasteiger partial charge on any atom is -0.487 e. The van der Waals surface area contributed by atoms with Crippen LogP contribution < -0.4 is 15.6 Å². The van der Waals surface area contributed by atoms with Gasteiger partial charge in [-0.25, -0.2) is 13.6 Å². The van der Waals surface area contributed by atoms with Crippen LogP contribution in [0.3, 0.4) is 0 Å². The number of hydrogen-bond acceptors (Lipinski definition) is 3. The number of ether oxygens (including phenoxy) is 1. The second-order valence-electron chi connectivity index (χ2n) is 8.90. The van der Waals surface area contributed by atoms with E-state index in [4.69, 9.17) is 4.74 Å². The molecule has 6 nitrogen and oxygen atoms in total. The number of carbonyl (C=O) groups excluding carboxylic acids is 1. The number of aromatic nitrogens is 1. The predicted octanol–water partition coefficient (Wildman–Crippen LogP) is 5.52. The molecule has 36 heavy (non-hydrogen) atoms. The normalized spacial score (nSPS) is 13.5. The zero-order valence-electron chi connectivity index (χ0n) is 20.0. The first-order valence-electron chi connectivity index (χ1n) is 11.9. The summed E-state index contributed by atoms with van der Waals surface area (Å²) in [7, 11) is 0. The number of nitrogens with one attached hydrogen (secondary N) is 1. The van der Waals surface area contributed by atoms with Gasteiger partial charge in [-0.2, -0.15) is 0 Å². The third kappa shape index (κ3) is 6.32. The highest BCUT2D eigenvalue weighted by Crippen LogP contribution is 2.24. The third-order valence-corrected chi connectivity index (χ3v) is 6.99. The number of rotatable bonds is 7. The van der Waals surface area contributed by atoms with Gasteiger partial charge in [-0.3, -0.25) is 4.79 Å². The molecule has 0 bridgehead atoms. The molecule has 1 aliphatic rings. The number of nitrogens with zero attached hydrogens (tertiary/aromatic N) is 2. The lowest BCUT2D eigenvalue weighted by Crippen LogP contribution is -2.42. The molecule has 0 spiro atoms. The molecule has 3 aromatic rings. The minimum absolute atomic E-state index is 0.0321. The van der Waals surface area contributed by atoms with Crippen molar-refractivity contribution in [2.24, 2.45) is 0 Å². The van der Waals surface area contributed by atoms with Gasteiger partial charge in [-0.15, -0.1) is 0 Å². The lowest BCUT2D eigenvalue weighted by molar-refractivity contribution is 0.186. The maximum absolute atomic E-state index is 13.9. The molecule has 2 heterocycles. The number of likely N-dealkylation sites (tertiary alicyclic amines) is 1. The molecule has 0 unspecified atom stereocenters. The first kappa shape index (κ1) is 25.9. The standard InChI is InChI=1S/C27H28BrF2N3O3/c1-18-13-24(36-17-21-9-10-22(29)14-23(21)30)25(28)26(34)33(18)16-20-7-5-19(6-8-20)15-31-27(35)32-11-3-2-4-12-32/h5-10,13-14H,2-4,11-12,15-17H2,1H3,(H,31,35). The van der Waals surface area contributed by atoms with E-state index in [1.807, 2.05) is 29.2 Å². The van der Waals surface area contributed by atoms with Crippen LogP contribution in [0.25, 0.3) is 0 Å². The summed E-state index contributed by atoms with van der Waals surface area (Å²) >= 11 is 3.30. The molecular formula is C27H28BrF2N3O3. The van der Waals surface area contributed by atoms with E-state index in [0.29, 0.717) is 18.8 Å². The molecule has 9 heteroatoms. The average Bonchev–Trinajstić information content (AvgIpc) is 2.88. The predicted molar refractivity (Wildman–Crippen MR) is 137 cm³/mol. The molecule has 1 saturated heterocycles. The Morgan fingerprint density at radius 3 is 2.42 bits per heavy atom. The maximum atomic E-state index is 13.9. The van der Waals surface area contributed by atoms with Crippen LogP contribution in [-0.4, -0.2) is 28.6 Å². The van der Waals surface area contributed by atoms with E-state index in [9.17, 15) is 18.4 Å². The van der Waals surface area contributed by atoms with E-state index in [0.717, 1.165) is 49.2 Å². The third-order valence-electron chi connectivity index (χ3n) is 6.26. The van der Waals surface area contributed by atoms with Crippen LogP contribution >= 0.6 is 15.9 Å². The Bertz CT molecular complexity index is 1290.